The minimum Gasteiger partial charge on any atom is -0.508 e. The Kier molecular flexibility index (Phi) is 4.70. The molecule has 0 aromatic heterocycles. The van der Waals surface area contributed by atoms with Gasteiger partial charge in [-0.25, -0.2) is 0 Å². The van der Waals surface area contributed by atoms with Gasteiger partial charge in [-0.15, -0.1) is 11.6 Å². The smallest absolute Gasteiger partial charge is 0.254 e. The molecular weight excluding hydrogens is 262 g/mol. The van der Waals surface area contributed by atoms with Gasteiger partial charge in [0.05, 0.1) is 0 Å². The summed E-state index contributed by atoms with van der Waals surface area (Å²) in [6, 6.07) is 5.29. The van der Waals surface area contributed by atoms with Gasteiger partial charge in [-0.2, -0.15) is 0 Å². The van der Waals surface area contributed by atoms with Crippen molar-refractivity contribution in [3.63, 3.8) is 0 Å². The van der Waals surface area contributed by atoms with Crippen LogP contribution in [0, 0.1) is 6.92 Å². The second-order valence-electron chi connectivity index (χ2n) is 5.13. The van der Waals surface area contributed by atoms with E-state index in [4.69, 9.17) is 11.6 Å². The molecular formula is C15H20ClNO2. The van der Waals surface area contributed by atoms with Gasteiger partial charge in [0.1, 0.15) is 5.75 Å². The summed E-state index contributed by atoms with van der Waals surface area (Å²) in [5.41, 5.74) is 1.38. The molecule has 1 saturated heterocycles. The van der Waals surface area contributed by atoms with E-state index in [2.05, 4.69) is 0 Å². The number of hydrogen-bond acceptors (Lipinski definition) is 2. The van der Waals surface area contributed by atoms with Crippen molar-refractivity contribution in [3.05, 3.63) is 29.3 Å². The van der Waals surface area contributed by atoms with Crippen LogP contribution in [-0.4, -0.2) is 34.4 Å². The average Bonchev–Trinajstić information content (AvgIpc) is 2.42. The number of likely N-dealkylation sites (tertiary alicyclic amines) is 1. The molecule has 3 nitrogen and oxygen atoms in total. The minimum absolute atomic E-state index is 0.0536. The Balaban J connectivity index is 2.18. The Morgan fingerprint density at radius 1 is 1.47 bits per heavy atom. The zero-order valence-electron chi connectivity index (χ0n) is 11.2. The molecule has 1 aromatic carbocycles. The molecule has 19 heavy (non-hydrogen) atoms. The lowest BCUT2D eigenvalue weighted by Crippen LogP contribution is -2.44. The normalized spacial score (nSPS) is 19.5. The molecule has 1 aliphatic rings. The predicted octanol–water partition coefficient (Wildman–Crippen LogP) is 3.32. The lowest BCUT2D eigenvalue weighted by atomic mass is 9.98. The number of rotatable bonds is 3. The van der Waals surface area contributed by atoms with E-state index in [1.165, 1.54) is 6.42 Å². The number of benzene rings is 1. The second-order valence-corrected chi connectivity index (χ2v) is 5.51. The van der Waals surface area contributed by atoms with Crippen LogP contribution in [0.2, 0.25) is 0 Å². The third kappa shape index (κ3) is 3.21. The Hall–Kier alpha value is -1.22. The number of alkyl halides is 1. The highest BCUT2D eigenvalue weighted by molar-refractivity contribution is 6.17. The maximum absolute atomic E-state index is 12.5. The fourth-order valence-electron chi connectivity index (χ4n) is 2.65. The summed E-state index contributed by atoms with van der Waals surface area (Å²) < 4.78 is 0. The third-order valence-corrected chi connectivity index (χ3v) is 3.99. The molecule has 104 valence electrons. The first-order valence-corrected chi connectivity index (χ1v) is 7.33. The molecule has 1 fully saturated rings. The fourth-order valence-corrected chi connectivity index (χ4v) is 2.90. The molecule has 1 N–H and O–H groups in total. The zero-order valence-corrected chi connectivity index (χ0v) is 12.0. The molecule has 4 heteroatoms. The van der Waals surface area contributed by atoms with E-state index in [1.807, 2.05) is 4.90 Å². The van der Waals surface area contributed by atoms with Crippen LogP contribution >= 0.6 is 11.6 Å². The van der Waals surface area contributed by atoms with Crippen molar-refractivity contribution in [2.24, 2.45) is 0 Å². The number of carbonyl (C=O) groups is 1. The molecule has 0 aliphatic carbocycles. The van der Waals surface area contributed by atoms with Gasteiger partial charge >= 0.3 is 0 Å². The van der Waals surface area contributed by atoms with Crippen molar-refractivity contribution < 1.29 is 9.90 Å². The topological polar surface area (TPSA) is 40.5 Å². The molecule has 0 spiro atoms. The number of halogens is 1. The largest absolute Gasteiger partial charge is 0.508 e. The molecule has 2 rings (SSSR count). The van der Waals surface area contributed by atoms with Gasteiger partial charge in [0, 0.05) is 24.0 Å². The molecule has 0 saturated carbocycles. The van der Waals surface area contributed by atoms with Gasteiger partial charge in [0.15, 0.2) is 0 Å². The number of hydrogen-bond donors (Lipinski definition) is 1. The van der Waals surface area contributed by atoms with Crippen molar-refractivity contribution >= 4 is 17.5 Å². The summed E-state index contributed by atoms with van der Waals surface area (Å²) in [7, 11) is 0. The van der Waals surface area contributed by atoms with Crippen molar-refractivity contribution in [1.29, 1.82) is 0 Å². The standard InChI is InChI=1S/C15H20ClNO2/c1-11-10-12(5-6-14(11)18)15(19)17-9-3-2-4-13(17)7-8-16/h5-6,10,13,18H,2-4,7-9H2,1H3. The van der Waals surface area contributed by atoms with Gasteiger partial charge < -0.3 is 10.0 Å². The molecule has 1 amide bonds. The summed E-state index contributed by atoms with van der Waals surface area (Å²) in [6.45, 7) is 2.61. The first-order chi connectivity index (χ1) is 9.13. The van der Waals surface area contributed by atoms with Gasteiger partial charge in [-0.05, 0) is 56.4 Å². The molecule has 0 bridgehead atoms. The van der Waals surface area contributed by atoms with E-state index in [1.54, 1.807) is 25.1 Å². The Labute approximate surface area is 119 Å². The van der Waals surface area contributed by atoms with Gasteiger partial charge in [0.2, 0.25) is 0 Å². The summed E-state index contributed by atoms with van der Waals surface area (Å²) in [5, 5.41) is 9.53. The maximum Gasteiger partial charge on any atom is 0.254 e. The van der Waals surface area contributed by atoms with Crippen LogP contribution < -0.4 is 0 Å². The molecule has 1 atom stereocenters. The van der Waals surface area contributed by atoms with E-state index in [-0.39, 0.29) is 17.7 Å². The van der Waals surface area contributed by atoms with Crippen LogP contribution in [0.4, 0.5) is 0 Å². The van der Waals surface area contributed by atoms with E-state index in [0.717, 1.165) is 31.4 Å². The van der Waals surface area contributed by atoms with Crippen molar-refractivity contribution in [1.82, 2.24) is 4.90 Å². The lowest BCUT2D eigenvalue weighted by Gasteiger charge is -2.35. The minimum atomic E-state index is 0.0536. The number of aryl methyl sites for hydroxylation is 1. The number of piperidine rings is 1. The number of carbonyl (C=O) groups excluding carboxylic acids is 1. The Morgan fingerprint density at radius 2 is 2.26 bits per heavy atom. The first kappa shape index (κ1) is 14.2. The molecule has 0 radical (unpaired) electrons. The van der Waals surface area contributed by atoms with E-state index in [0.29, 0.717) is 11.4 Å². The number of nitrogens with zero attached hydrogens (tertiary/aromatic N) is 1. The number of aromatic hydroxyl groups is 1. The molecule has 1 heterocycles. The number of phenolic OH excluding ortho intramolecular Hbond substituents is 1. The van der Waals surface area contributed by atoms with E-state index >= 15 is 0 Å². The first-order valence-electron chi connectivity index (χ1n) is 6.80. The summed E-state index contributed by atoms with van der Waals surface area (Å²) in [5.74, 6) is 0.869. The van der Waals surface area contributed by atoms with Crippen LogP contribution in [0.3, 0.4) is 0 Å². The highest BCUT2D eigenvalue weighted by Crippen LogP contribution is 2.24. The molecule has 1 aromatic rings. The second kappa shape index (κ2) is 6.29. The van der Waals surface area contributed by atoms with Crippen LogP contribution in [-0.2, 0) is 0 Å². The van der Waals surface area contributed by atoms with Crippen LogP contribution in [0.25, 0.3) is 0 Å². The lowest BCUT2D eigenvalue weighted by molar-refractivity contribution is 0.0609. The summed E-state index contributed by atoms with van der Waals surface area (Å²) in [6.07, 6.45) is 4.11. The SMILES string of the molecule is Cc1cc(C(=O)N2CCCCC2CCCl)ccc1O. The monoisotopic (exact) mass is 281 g/mol. The van der Waals surface area contributed by atoms with E-state index in [9.17, 15) is 9.90 Å². The number of phenols is 1. The van der Waals surface area contributed by atoms with Gasteiger partial charge in [0.25, 0.3) is 5.91 Å². The number of amides is 1. The van der Waals surface area contributed by atoms with Crippen LogP contribution in [0.1, 0.15) is 41.6 Å². The molecule has 1 unspecified atom stereocenters. The highest BCUT2D eigenvalue weighted by Gasteiger charge is 2.27. The maximum atomic E-state index is 12.5. The van der Waals surface area contributed by atoms with E-state index < -0.39 is 0 Å². The molecule has 1 aliphatic heterocycles. The summed E-state index contributed by atoms with van der Waals surface area (Å²) in [4.78, 5) is 14.5. The average molecular weight is 282 g/mol. The van der Waals surface area contributed by atoms with Gasteiger partial charge in [-0.1, -0.05) is 0 Å². The highest BCUT2D eigenvalue weighted by atomic mass is 35.5. The Bertz CT molecular complexity index is 459. The summed E-state index contributed by atoms with van der Waals surface area (Å²) >= 11 is 5.83. The van der Waals surface area contributed by atoms with Crippen molar-refractivity contribution in [2.75, 3.05) is 12.4 Å². The van der Waals surface area contributed by atoms with Crippen molar-refractivity contribution in [2.45, 2.75) is 38.6 Å². The van der Waals surface area contributed by atoms with Gasteiger partial charge in [-0.3, -0.25) is 4.79 Å². The zero-order chi connectivity index (χ0) is 13.8. The van der Waals surface area contributed by atoms with Crippen LogP contribution in [0.5, 0.6) is 5.75 Å². The fraction of sp³-hybridized carbons (Fsp3) is 0.533. The van der Waals surface area contributed by atoms with Crippen LogP contribution in [0.15, 0.2) is 18.2 Å². The van der Waals surface area contributed by atoms with Crippen molar-refractivity contribution in [3.8, 4) is 5.75 Å². The quantitative estimate of drug-likeness (QED) is 0.864. The third-order valence-electron chi connectivity index (χ3n) is 3.77. The predicted molar refractivity (Wildman–Crippen MR) is 76.9 cm³/mol. The Morgan fingerprint density at radius 3 is 2.95 bits per heavy atom.